The normalized spacial score (nSPS) is 10.4. The summed E-state index contributed by atoms with van der Waals surface area (Å²) in [5.41, 5.74) is -0.312. The number of carboxylic acid groups (broad SMARTS) is 1. The molecule has 0 atom stereocenters. The number of rotatable bonds is 6. The van der Waals surface area contributed by atoms with Crippen LogP contribution in [0.3, 0.4) is 0 Å². The van der Waals surface area contributed by atoms with Gasteiger partial charge in [0.15, 0.2) is 0 Å². The summed E-state index contributed by atoms with van der Waals surface area (Å²) in [5, 5.41) is 8.86. The number of hydrogen-bond donors (Lipinski definition) is 1. The Morgan fingerprint density at radius 1 is 1.29 bits per heavy atom. The molecule has 3 nitrogen and oxygen atoms in total. The molecule has 0 aromatic heterocycles. The van der Waals surface area contributed by atoms with E-state index in [9.17, 15) is 9.18 Å². The van der Waals surface area contributed by atoms with E-state index in [0.29, 0.717) is 17.3 Å². The summed E-state index contributed by atoms with van der Waals surface area (Å²) in [6.07, 6.45) is 0. The summed E-state index contributed by atoms with van der Waals surface area (Å²) >= 11 is 4.78. The second-order valence-electron chi connectivity index (χ2n) is 4.10. The van der Waals surface area contributed by atoms with Crippen molar-refractivity contribution in [2.24, 2.45) is 0 Å². The first-order chi connectivity index (χ1) is 10.1. The SMILES string of the molecule is O=C(O)c1cc(SCCOc2cccc(Br)c2)ccc1F. The zero-order valence-corrected chi connectivity index (χ0v) is 13.3. The zero-order valence-electron chi connectivity index (χ0n) is 10.9. The molecule has 0 aliphatic heterocycles. The summed E-state index contributed by atoms with van der Waals surface area (Å²) in [6.45, 7) is 0.473. The highest BCUT2D eigenvalue weighted by atomic mass is 79.9. The van der Waals surface area contributed by atoms with E-state index in [1.54, 1.807) is 6.07 Å². The van der Waals surface area contributed by atoms with Gasteiger partial charge >= 0.3 is 5.97 Å². The van der Waals surface area contributed by atoms with Crippen molar-refractivity contribution in [3.63, 3.8) is 0 Å². The Bertz CT molecular complexity index is 649. The molecular weight excluding hydrogens is 359 g/mol. The molecule has 0 spiro atoms. The highest BCUT2D eigenvalue weighted by molar-refractivity contribution is 9.10. The largest absolute Gasteiger partial charge is 0.493 e. The van der Waals surface area contributed by atoms with Gasteiger partial charge in [-0.3, -0.25) is 0 Å². The van der Waals surface area contributed by atoms with E-state index < -0.39 is 11.8 Å². The molecule has 2 aromatic rings. The second kappa shape index (κ2) is 7.47. The summed E-state index contributed by atoms with van der Waals surface area (Å²) < 4.78 is 19.8. The number of carboxylic acids is 1. The van der Waals surface area contributed by atoms with Crippen LogP contribution in [0.5, 0.6) is 5.75 Å². The molecule has 0 saturated heterocycles. The molecule has 1 N–H and O–H groups in total. The maximum Gasteiger partial charge on any atom is 0.338 e. The van der Waals surface area contributed by atoms with Gasteiger partial charge in [-0.05, 0) is 36.4 Å². The van der Waals surface area contributed by atoms with Crippen molar-refractivity contribution in [3.8, 4) is 5.75 Å². The molecule has 0 aliphatic carbocycles. The van der Waals surface area contributed by atoms with E-state index in [2.05, 4.69) is 15.9 Å². The Kier molecular flexibility index (Phi) is 5.64. The highest BCUT2D eigenvalue weighted by Crippen LogP contribution is 2.22. The third-order valence-electron chi connectivity index (χ3n) is 2.59. The fraction of sp³-hybridized carbons (Fsp3) is 0.133. The molecule has 2 aromatic carbocycles. The molecule has 0 heterocycles. The number of aromatic carboxylic acids is 1. The molecule has 0 amide bonds. The molecule has 0 radical (unpaired) electrons. The maximum absolute atomic E-state index is 13.2. The first kappa shape index (κ1) is 15.9. The van der Waals surface area contributed by atoms with Crippen molar-refractivity contribution in [1.82, 2.24) is 0 Å². The second-order valence-corrected chi connectivity index (χ2v) is 6.19. The van der Waals surface area contributed by atoms with Crippen LogP contribution in [0.15, 0.2) is 51.8 Å². The van der Waals surface area contributed by atoms with Gasteiger partial charge in [0.2, 0.25) is 0 Å². The number of benzene rings is 2. The molecule has 21 heavy (non-hydrogen) atoms. The van der Waals surface area contributed by atoms with Crippen LogP contribution in [-0.2, 0) is 0 Å². The smallest absolute Gasteiger partial charge is 0.338 e. The van der Waals surface area contributed by atoms with Gasteiger partial charge < -0.3 is 9.84 Å². The van der Waals surface area contributed by atoms with E-state index in [-0.39, 0.29) is 5.56 Å². The summed E-state index contributed by atoms with van der Waals surface area (Å²) in [4.78, 5) is 11.5. The van der Waals surface area contributed by atoms with Gasteiger partial charge in [-0.1, -0.05) is 22.0 Å². The van der Waals surface area contributed by atoms with Crippen LogP contribution in [0.4, 0.5) is 4.39 Å². The lowest BCUT2D eigenvalue weighted by atomic mass is 10.2. The lowest BCUT2D eigenvalue weighted by molar-refractivity contribution is 0.0691. The van der Waals surface area contributed by atoms with Crippen molar-refractivity contribution in [3.05, 3.63) is 58.3 Å². The molecule has 6 heteroatoms. The standard InChI is InChI=1S/C15H12BrFO3S/c16-10-2-1-3-11(8-10)20-6-7-21-12-4-5-14(17)13(9-12)15(18)19/h1-5,8-9H,6-7H2,(H,18,19). The number of carbonyl (C=O) groups is 1. The van der Waals surface area contributed by atoms with Crippen LogP contribution < -0.4 is 4.74 Å². The van der Waals surface area contributed by atoms with Gasteiger partial charge in [-0.15, -0.1) is 11.8 Å². The van der Waals surface area contributed by atoms with E-state index in [1.165, 1.54) is 23.9 Å². The van der Waals surface area contributed by atoms with Gasteiger partial charge in [0, 0.05) is 15.1 Å². The minimum absolute atomic E-state index is 0.312. The first-order valence-electron chi connectivity index (χ1n) is 6.10. The monoisotopic (exact) mass is 370 g/mol. The fourth-order valence-electron chi connectivity index (χ4n) is 1.63. The molecule has 0 fully saturated rings. The fourth-order valence-corrected chi connectivity index (χ4v) is 2.78. The lowest BCUT2D eigenvalue weighted by Gasteiger charge is -2.07. The van der Waals surface area contributed by atoms with Crippen LogP contribution in [0.2, 0.25) is 0 Å². The first-order valence-corrected chi connectivity index (χ1v) is 7.88. The highest BCUT2D eigenvalue weighted by Gasteiger charge is 2.10. The molecular formula is C15H12BrFO3S. The summed E-state index contributed by atoms with van der Waals surface area (Å²) in [7, 11) is 0. The molecule has 0 bridgehead atoms. The Hall–Kier alpha value is -1.53. The van der Waals surface area contributed by atoms with Crippen molar-refractivity contribution >= 4 is 33.7 Å². The average Bonchev–Trinajstić information content (AvgIpc) is 2.45. The van der Waals surface area contributed by atoms with Crippen molar-refractivity contribution in [2.75, 3.05) is 12.4 Å². The average molecular weight is 371 g/mol. The molecule has 2 rings (SSSR count). The van der Waals surface area contributed by atoms with Crippen LogP contribution >= 0.6 is 27.7 Å². The van der Waals surface area contributed by atoms with Crippen molar-refractivity contribution in [1.29, 1.82) is 0 Å². The van der Waals surface area contributed by atoms with E-state index in [1.807, 2.05) is 24.3 Å². The van der Waals surface area contributed by atoms with Crippen LogP contribution in [0.1, 0.15) is 10.4 Å². The topological polar surface area (TPSA) is 46.5 Å². The lowest BCUT2D eigenvalue weighted by Crippen LogP contribution is -2.02. The maximum atomic E-state index is 13.2. The number of ether oxygens (including phenoxy) is 1. The number of halogens is 2. The van der Waals surface area contributed by atoms with E-state index in [4.69, 9.17) is 9.84 Å². The quantitative estimate of drug-likeness (QED) is 0.602. The van der Waals surface area contributed by atoms with E-state index in [0.717, 1.165) is 10.2 Å². The third kappa shape index (κ3) is 4.75. The van der Waals surface area contributed by atoms with Crippen molar-refractivity contribution in [2.45, 2.75) is 4.90 Å². The Balaban J connectivity index is 1.86. The molecule has 0 aliphatic rings. The van der Waals surface area contributed by atoms with Crippen molar-refractivity contribution < 1.29 is 19.0 Å². The molecule has 0 unspecified atom stereocenters. The Morgan fingerprint density at radius 2 is 2.10 bits per heavy atom. The molecule has 0 saturated carbocycles. The third-order valence-corrected chi connectivity index (χ3v) is 4.04. The Labute approximate surface area is 134 Å². The van der Waals surface area contributed by atoms with E-state index >= 15 is 0 Å². The summed E-state index contributed by atoms with van der Waals surface area (Å²) in [5.74, 6) is -0.593. The summed E-state index contributed by atoms with van der Waals surface area (Å²) in [6, 6.07) is 11.6. The van der Waals surface area contributed by atoms with Gasteiger partial charge in [-0.2, -0.15) is 0 Å². The van der Waals surface area contributed by atoms with Gasteiger partial charge in [0.05, 0.1) is 12.2 Å². The van der Waals surface area contributed by atoms with Crippen LogP contribution in [-0.4, -0.2) is 23.4 Å². The minimum Gasteiger partial charge on any atom is -0.493 e. The van der Waals surface area contributed by atoms with Gasteiger partial charge in [0.25, 0.3) is 0 Å². The minimum atomic E-state index is -1.26. The predicted octanol–water partition coefficient (Wildman–Crippen LogP) is 4.46. The number of hydrogen-bond acceptors (Lipinski definition) is 3. The number of thioether (sulfide) groups is 1. The Morgan fingerprint density at radius 3 is 2.81 bits per heavy atom. The van der Waals surface area contributed by atoms with Crippen LogP contribution in [0, 0.1) is 5.82 Å². The molecule has 110 valence electrons. The van der Waals surface area contributed by atoms with Gasteiger partial charge in [-0.25, -0.2) is 9.18 Å². The van der Waals surface area contributed by atoms with Gasteiger partial charge in [0.1, 0.15) is 11.6 Å². The zero-order chi connectivity index (χ0) is 15.2. The van der Waals surface area contributed by atoms with Crippen LogP contribution in [0.25, 0.3) is 0 Å². The predicted molar refractivity (Wildman–Crippen MR) is 83.7 cm³/mol.